The summed E-state index contributed by atoms with van der Waals surface area (Å²) < 4.78 is 6.64. The van der Waals surface area contributed by atoms with Crippen molar-refractivity contribution in [3.63, 3.8) is 0 Å². The normalized spacial score (nSPS) is 19.9. The first-order valence-corrected chi connectivity index (χ1v) is 10.8. The highest BCUT2D eigenvalue weighted by atomic mass is 35.5. The summed E-state index contributed by atoms with van der Waals surface area (Å²) in [5, 5.41) is 5.62. The van der Waals surface area contributed by atoms with Crippen molar-refractivity contribution >= 4 is 49.8 Å². The van der Waals surface area contributed by atoms with Crippen LogP contribution in [0.5, 0.6) is 0 Å². The van der Waals surface area contributed by atoms with Crippen molar-refractivity contribution in [2.24, 2.45) is 0 Å². The van der Waals surface area contributed by atoms with Gasteiger partial charge >= 0.3 is 5.63 Å². The second-order valence-electron chi connectivity index (χ2n) is 7.65. The molecule has 7 heteroatoms. The molecular weight excluding hydrogens is 406 g/mol. The first-order valence-electron chi connectivity index (χ1n) is 9.62. The van der Waals surface area contributed by atoms with E-state index in [1.807, 2.05) is 30.3 Å². The average Bonchev–Trinajstić information content (AvgIpc) is 3.11. The number of anilines is 1. The SMILES string of the molecule is C[C@@H]1CN(c2ccc3cc(-c4nc5c(Cl)cccc5s4)c(=O)oc3c2)C[C@H](C)N1. The van der Waals surface area contributed by atoms with Crippen molar-refractivity contribution in [3.8, 4) is 10.6 Å². The lowest BCUT2D eigenvalue weighted by molar-refractivity contribution is 0.407. The molecule has 3 heterocycles. The Kier molecular flexibility index (Phi) is 4.57. The van der Waals surface area contributed by atoms with Gasteiger partial charge in [0.05, 0.1) is 15.3 Å². The fraction of sp³-hybridized carbons (Fsp3) is 0.273. The molecule has 0 spiro atoms. The molecule has 0 bridgehead atoms. The van der Waals surface area contributed by atoms with E-state index in [9.17, 15) is 4.79 Å². The maximum Gasteiger partial charge on any atom is 0.346 e. The lowest BCUT2D eigenvalue weighted by Crippen LogP contribution is -2.54. The molecule has 0 saturated carbocycles. The third-order valence-electron chi connectivity index (χ3n) is 5.24. The van der Waals surface area contributed by atoms with Gasteiger partial charge in [-0.3, -0.25) is 0 Å². The molecular formula is C22H20ClN3O2S. The Labute approximate surface area is 176 Å². The molecule has 2 aromatic heterocycles. The van der Waals surface area contributed by atoms with Gasteiger partial charge in [-0.2, -0.15) is 0 Å². The summed E-state index contributed by atoms with van der Waals surface area (Å²) in [5.74, 6) is 0. The predicted molar refractivity (Wildman–Crippen MR) is 120 cm³/mol. The van der Waals surface area contributed by atoms with Gasteiger partial charge in [0.1, 0.15) is 16.1 Å². The van der Waals surface area contributed by atoms with Crippen LogP contribution in [0.2, 0.25) is 5.02 Å². The zero-order chi connectivity index (χ0) is 20.1. The molecule has 1 aliphatic rings. The number of rotatable bonds is 2. The minimum atomic E-state index is -0.383. The molecule has 1 aliphatic heterocycles. The number of nitrogens with zero attached hydrogens (tertiary/aromatic N) is 2. The molecule has 0 amide bonds. The molecule has 5 nitrogen and oxygen atoms in total. The van der Waals surface area contributed by atoms with Crippen LogP contribution in [-0.2, 0) is 0 Å². The molecule has 0 unspecified atom stereocenters. The van der Waals surface area contributed by atoms with Crippen LogP contribution in [0.4, 0.5) is 5.69 Å². The van der Waals surface area contributed by atoms with Crippen molar-refractivity contribution in [1.29, 1.82) is 0 Å². The lowest BCUT2D eigenvalue weighted by atomic mass is 10.1. The Hall–Kier alpha value is -2.41. The molecule has 29 heavy (non-hydrogen) atoms. The summed E-state index contributed by atoms with van der Waals surface area (Å²) in [6, 6.07) is 14.4. The molecule has 5 rings (SSSR count). The first-order chi connectivity index (χ1) is 14.0. The predicted octanol–water partition coefficient (Wildman–Crippen LogP) is 4.91. The van der Waals surface area contributed by atoms with Gasteiger partial charge in [0.2, 0.25) is 0 Å². The van der Waals surface area contributed by atoms with Crippen LogP contribution in [-0.4, -0.2) is 30.2 Å². The Morgan fingerprint density at radius 3 is 2.72 bits per heavy atom. The van der Waals surface area contributed by atoms with Crippen LogP contribution in [0.3, 0.4) is 0 Å². The van der Waals surface area contributed by atoms with Crippen LogP contribution in [0.25, 0.3) is 31.8 Å². The zero-order valence-corrected chi connectivity index (χ0v) is 17.7. The number of para-hydroxylation sites is 1. The fourth-order valence-corrected chi connectivity index (χ4v) is 5.28. The number of halogens is 1. The number of hydrogen-bond acceptors (Lipinski definition) is 6. The minimum absolute atomic E-state index is 0.383. The quantitative estimate of drug-likeness (QED) is 0.462. The number of nitrogens with one attached hydrogen (secondary N) is 1. The highest BCUT2D eigenvalue weighted by Crippen LogP contribution is 2.33. The van der Waals surface area contributed by atoms with Crippen molar-refractivity contribution in [1.82, 2.24) is 10.3 Å². The number of benzene rings is 2. The van der Waals surface area contributed by atoms with E-state index in [0.29, 0.717) is 38.8 Å². The van der Waals surface area contributed by atoms with E-state index in [1.165, 1.54) is 11.3 Å². The van der Waals surface area contributed by atoms with Gasteiger partial charge in [-0.05, 0) is 44.2 Å². The monoisotopic (exact) mass is 425 g/mol. The second kappa shape index (κ2) is 7.13. The summed E-state index contributed by atoms with van der Waals surface area (Å²) in [5.41, 5.74) is 2.46. The average molecular weight is 426 g/mol. The van der Waals surface area contributed by atoms with Gasteiger partial charge in [0, 0.05) is 42.3 Å². The molecule has 4 aromatic rings. The van der Waals surface area contributed by atoms with Crippen LogP contribution in [0.1, 0.15) is 13.8 Å². The van der Waals surface area contributed by atoms with Gasteiger partial charge in [-0.25, -0.2) is 9.78 Å². The Bertz CT molecular complexity index is 1270. The van der Waals surface area contributed by atoms with E-state index >= 15 is 0 Å². The van der Waals surface area contributed by atoms with Gasteiger partial charge in [-0.1, -0.05) is 17.7 Å². The van der Waals surface area contributed by atoms with E-state index in [-0.39, 0.29) is 5.63 Å². The van der Waals surface area contributed by atoms with Crippen molar-refractivity contribution in [2.75, 3.05) is 18.0 Å². The van der Waals surface area contributed by atoms with E-state index < -0.39 is 0 Å². The fourth-order valence-electron chi connectivity index (χ4n) is 4.01. The maximum atomic E-state index is 12.7. The highest BCUT2D eigenvalue weighted by molar-refractivity contribution is 7.21. The maximum absolute atomic E-state index is 12.7. The van der Waals surface area contributed by atoms with Crippen molar-refractivity contribution in [3.05, 3.63) is 57.9 Å². The van der Waals surface area contributed by atoms with Crippen molar-refractivity contribution < 1.29 is 4.42 Å². The largest absolute Gasteiger partial charge is 0.422 e. The second-order valence-corrected chi connectivity index (χ2v) is 9.09. The minimum Gasteiger partial charge on any atom is -0.422 e. The molecule has 1 N–H and O–H groups in total. The number of aromatic nitrogens is 1. The van der Waals surface area contributed by atoms with Gasteiger partial charge in [0.15, 0.2) is 0 Å². The summed E-state index contributed by atoms with van der Waals surface area (Å²) in [4.78, 5) is 19.6. The van der Waals surface area contributed by atoms with E-state index in [0.717, 1.165) is 28.9 Å². The summed E-state index contributed by atoms with van der Waals surface area (Å²) in [7, 11) is 0. The number of piperazine rings is 1. The third kappa shape index (κ3) is 3.41. The molecule has 2 aromatic carbocycles. The standard InChI is InChI=1S/C22H20ClN3O2S/c1-12-10-26(11-13(2)24-12)15-7-6-14-8-16(22(27)28-18(14)9-15)21-25-20-17(23)4-3-5-19(20)29-21/h3-9,12-13,24H,10-11H2,1-2H3/t12-,13+. The molecule has 1 saturated heterocycles. The Morgan fingerprint density at radius 1 is 1.17 bits per heavy atom. The Morgan fingerprint density at radius 2 is 1.97 bits per heavy atom. The van der Waals surface area contributed by atoms with E-state index in [2.05, 4.69) is 35.1 Å². The van der Waals surface area contributed by atoms with E-state index in [1.54, 1.807) is 6.07 Å². The van der Waals surface area contributed by atoms with Crippen LogP contribution >= 0.6 is 22.9 Å². The first kappa shape index (κ1) is 18.6. The van der Waals surface area contributed by atoms with E-state index in [4.69, 9.17) is 16.0 Å². The van der Waals surface area contributed by atoms with Gasteiger partial charge in [0.25, 0.3) is 0 Å². The number of fused-ring (bicyclic) bond motifs is 2. The Balaban J connectivity index is 1.56. The number of thiazole rings is 1. The highest BCUT2D eigenvalue weighted by Gasteiger charge is 2.22. The molecule has 0 aliphatic carbocycles. The molecule has 1 fully saturated rings. The van der Waals surface area contributed by atoms with Crippen LogP contribution in [0.15, 0.2) is 51.7 Å². The topological polar surface area (TPSA) is 58.4 Å². The van der Waals surface area contributed by atoms with Crippen LogP contribution in [0, 0.1) is 0 Å². The van der Waals surface area contributed by atoms with Crippen molar-refractivity contribution in [2.45, 2.75) is 25.9 Å². The summed E-state index contributed by atoms with van der Waals surface area (Å²) >= 11 is 7.68. The third-order valence-corrected chi connectivity index (χ3v) is 6.60. The van der Waals surface area contributed by atoms with Gasteiger partial charge in [-0.15, -0.1) is 11.3 Å². The zero-order valence-electron chi connectivity index (χ0n) is 16.1. The summed E-state index contributed by atoms with van der Waals surface area (Å²) in [6.07, 6.45) is 0. The molecule has 2 atom stereocenters. The number of hydrogen-bond donors (Lipinski definition) is 1. The van der Waals surface area contributed by atoms with Gasteiger partial charge < -0.3 is 14.6 Å². The molecule has 148 valence electrons. The van der Waals surface area contributed by atoms with Crippen LogP contribution < -0.4 is 15.8 Å². The molecule has 0 radical (unpaired) electrons. The smallest absolute Gasteiger partial charge is 0.346 e. The summed E-state index contributed by atoms with van der Waals surface area (Å²) in [6.45, 7) is 6.20. The lowest BCUT2D eigenvalue weighted by Gasteiger charge is -2.37.